The zero-order valence-electron chi connectivity index (χ0n) is 21.9. The van der Waals surface area contributed by atoms with Crippen LogP contribution in [0.1, 0.15) is 30.0 Å². The smallest absolute Gasteiger partial charge is 0.245 e. The summed E-state index contributed by atoms with van der Waals surface area (Å²) in [7, 11) is 1.76. The first-order valence-electron chi connectivity index (χ1n) is 12.8. The first kappa shape index (κ1) is 26.9. The van der Waals surface area contributed by atoms with Crippen molar-refractivity contribution in [2.45, 2.75) is 18.8 Å². The van der Waals surface area contributed by atoms with E-state index in [9.17, 15) is 4.79 Å². The maximum absolute atomic E-state index is 12.0. The molecule has 1 fully saturated rings. The molecule has 40 heavy (non-hydrogen) atoms. The van der Waals surface area contributed by atoms with E-state index in [0.29, 0.717) is 41.1 Å². The number of piperidine rings is 1. The third-order valence-corrected chi connectivity index (χ3v) is 7.06. The molecule has 1 saturated heterocycles. The molecule has 0 bridgehead atoms. The number of H-pyrrole nitrogens is 1. The van der Waals surface area contributed by atoms with Crippen LogP contribution < -0.4 is 15.4 Å². The molecule has 204 valence electrons. The van der Waals surface area contributed by atoms with Gasteiger partial charge in [0.25, 0.3) is 0 Å². The van der Waals surface area contributed by atoms with Gasteiger partial charge >= 0.3 is 0 Å². The van der Waals surface area contributed by atoms with Crippen LogP contribution >= 0.6 is 11.6 Å². The minimum absolute atomic E-state index is 0.0297. The molecule has 4 N–H and O–H groups in total. The quantitative estimate of drug-likeness (QED) is 0.157. The lowest BCUT2D eigenvalue weighted by Crippen LogP contribution is -2.36. The van der Waals surface area contributed by atoms with E-state index in [1.165, 1.54) is 12.4 Å². The van der Waals surface area contributed by atoms with E-state index in [-0.39, 0.29) is 17.5 Å². The summed E-state index contributed by atoms with van der Waals surface area (Å²) in [5.74, 6) is 1.90. The van der Waals surface area contributed by atoms with Crippen LogP contribution in [-0.4, -0.2) is 56.6 Å². The summed E-state index contributed by atoms with van der Waals surface area (Å²) in [6, 6.07) is 8.81. The van der Waals surface area contributed by atoms with Crippen LogP contribution in [0.5, 0.6) is 11.5 Å². The number of likely N-dealkylation sites (tertiary alicyclic amines) is 1. The van der Waals surface area contributed by atoms with Gasteiger partial charge in [-0.2, -0.15) is 0 Å². The second-order valence-electron chi connectivity index (χ2n) is 9.28. The van der Waals surface area contributed by atoms with Crippen LogP contribution in [0.4, 0.5) is 11.5 Å². The summed E-state index contributed by atoms with van der Waals surface area (Å²) < 4.78 is 6.00. The van der Waals surface area contributed by atoms with Crippen LogP contribution in [0, 0.1) is 5.41 Å². The minimum atomic E-state index is -0.0297. The first-order chi connectivity index (χ1) is 19.5. The van der Waals surface area contributed by atoms with Crippen molar-refractivity contribution >= 4 is 45.8 Å². The topological polar surface area (TPSA) is 132 Å². The van der Waals surface area contributed by atoms with Crippen molar-refractivity contribution in [2.24, 2.45) is 0 Å². The number of aromatic nitrogens is 4. The third kappa shape index (κ3) is 5.81. The Kier molecular flexibility index (Phi) is 8.07. The van der Waals surface area contributed by atoms with Crippen LogP contribution in [0.2, 0.25) is 5.02 Å². The van der Waals surface area contributed by atoms with Gasteiger partial charge < -0.3 is 25.3 Å². The molecule has 0 unspecified atom stereocenters. The molecule has 1 aliphatic heterocycles. The number of rotatable bonds is 9. The average molecular weight is 557 g/mol. The summed E-state index contributed by atoms with van der Waals surface area (Å²) in [4.78, 5) is 30.3. The molecule has 0 saturated carbocycles. The van der Waals surface area contributed by atoms with Gasteiger partial charge in [-0.15, -0.1) is 0 Å². The third-order valence-electron chi connectivity index (χ3n) is 6.77. The fraction of sp³-hybridized carbons (Fsp3) is 0.207. The van der Waals surface area contributed by atoms with E-state index in [1.54, 1.807) is 49.8 Å². The van der Waals surface area contributed by atoms with Gasteiger partial charge in [0.05, 0.1) is 21.8 Å². The molecule has 4 aromatic rings. The van der Waals surface area contributed by atoms with E-state index in [1.807, 2.05) is 17.2 Å². The highest BCUT2D eigenvalue weighted by Crippen LogP contribution is 2.37. The monoisotopic (exact) mass is 556 g/mol. The lowest BCUT2D eigenvalue weighted by molar-refractivity contribution is -0.127. The predicted molar refractivity (Wildman–Crippen MR) is 157 cm³/mol. The molecule has 0 atom stereocenters. The van der Waals surface area contributed by atoms with Crippen LogP contribution in [0.15, 0.2) is 74.0 Å². The number of nitrogens with zero attached hydrogens (tertiary/aromatic N) is 4. The fourth-order valence-corrected chi connectivity index (χ4v) is 4.96. The van der Waals surface area contributed by atoms with E-state index in [0.717, 1.165) is 35.1 Å². The van der Waals surface area contributed by atoms with E-state index in [4.69, 9.17) is 21.7 Å². The number of amides is 1. The predicted octanol–water partition coefficient (Wildman–Crippen LogP) is 5.54. The molecule has 1 amide bonds. The Bertz CT molecular complexity index is 1590. The SMILES string of the molecule is C=CC(=O)N1CCC(c2c[nH]c3ncnc(Nc4ccc(Oc5ccnc(C(=N)/C=C\NC)c5)c(Cl)c4)c23)CC1. The van der Waals surface area contributed by atoms with Crippen molar-refractivity contribution in [1.29, 1.82) is 5.41 Å². The Labute approximate surface area is 236 Å². The standard InChI is InChI=1S/C29H29ClN8O2/c1-3-26(39)38-12-8-18(9-13-38)21-16-34-28-27(21)29(36-17-35-28)37-19-4-5-25(22(30)14-19)40-20-6-11-33-24(15-20)23(31)7-10-32-2/h3-7,10-11,14-18,31-32H,1,8-9,12-13H2,2H3,(H2,34,35,36,37)/b10-7-,31-23?. The molecule has 1 aliphatic rings. The number of benzene rings is 1. The van der Waals surface area contributed by atoms with E-state index >= 15 is 0 Å². The normalized spacial score (nSPS) is 13.9. The zero-order chi connectivity index (χ0) is 28.1. The summed E-state index contributed by atoms with van der Waals surface area (Å²) >= 11 is 6.60. The lowest BCUT2D eigenvalue weighted by atomic mass is 9.89. The molecule has 0 aliphatic carbocycles. The Morgan fingerprint density at radius 1 is 1.23 bits per heavy atom. The Morgan fingerprint density at radius 2 is 2.05 bits per heavy atom. The summed E-state index contributed by atoms with van der Waals surface area (Å²) in [6.45, 7) is 4.96. The number of aromatic amines is 1. The van der Waals surface area contributed by atoms with Crippen molar-refractivity contribution in [3.63, 3.8) is 0 Å². The number of hydrogen-bond donors (Lipinski definition) is 4. The Hall–Kier alpha value is -4.70. The number of carbonyl (C=O) groups is 1. The van der Waals surface area contributed by atoms with Crippen molar-refractivity contribution < 1.29 is 9.53 Å². The van der Waals surface area contributed by atoms with Gasteiger partial charge in [0.1, 0.15) is 29.3 Å². The zero-order valence-corrected chi connectivity index (χ0v) is 22.7. The second-order valence-corrected chi connectivity index (χ2v) is 9.69. The molecular formula is C29H29ClN8O2. The number of hydrogen-bond acceptors (Lipinski definition) is 8. The van der Waals surface area contributed by atoms with Crippen molar-refractivity contribution in [3.05, 3.63) is 90.3 Å². The highest BCUT2D eigenvalue weighted by atomic mass is 35.5. The Balaban J connectivity index is 1.33. The van der Waals surface area contributed by atoms with Crippen LogP contribution in [0.3, 0.4) is 0 Å². The van der Waals surface area contributed by atoms with Gasteiger partial charge in [-0.3, -0.25) is 15.2 Å². The number of pyridine rings is 1. The maximum Gasteiger partial charge on any atom is 0.245 e. The number of anilines is 2. The number of ether oxygens (including phenoxy) is 1. The highest BCUT2D eigenvalue weighted by molar-refractivity contribution is 6.32. The van der Waals surface area contributed by atoms with Crippen LogP contribution in [0.25, 0.3) is 11.0 Å². The number of carbonyl (C=O) groups excluding carboxylic acids is 1. The first-order valence-corrected chi connectivity index (χ1v) is 13.2. The number of fused-ring (bicyclic) bond motifs is 1. The number of nitrogens with one attached hydrogen (secondary N) is 4. The molecular weight excluding hydrogens is 528 g/mol. The molecule has 10 nitrogen and oxygen atoms in total. The largest absolute Gasteiger partial charge is 0.456 e. The summed E-state index contributed by atoms with van der Waals surface area (Å²) in [5.41, 5.74) is 3.34. The lowest BCUT2D eigenvalue weighted by Gasteiger charge is -2.31. The number of allylic oxidation sites excluding steroid dienone is 1. The average Bonchev–Trinajstić information content (AvgIpc) is 3.42. The molecule has 5 rings (SSSR count). The van der Waals surface area contributed by atoms with E-state index in [2.05, 4.69) is 37.1 Å². The van der Waals surface area contributed by atoms with Crippen molar-refractivity contribution in [3.8, 4) is 11.5 Å². The number of halogens is 1. The molecule has 1 aromatic carbocycles. The maximum atomic E-state index is 12.0. The van der Waals surface area contributed by atoms with Gasteiger partial charge in [-0.25, -0.2) is 9.97 Å². The molecule has 4 heterocycles. The molecule has 0 radical (unpaired) electrons. The van der Waals surface area contributed by atoms with Gasteiger partial charge in [0, 0.05) is 44.3 Å². The van der Waals surface area contributed by atoms with Gasteiger partial charge in [-0.1, -0.05) is 18.2 Å². The van der Waals surface area contributed by atoms with Crippen LogP contribution in [-0.2, 0) is 4.79 Å². The minimum Gasteiger partial charge on any atom is -0.456 e. The Morgan fingerprint density at radius 3 is 2.80 bits per heavy atom. The van der Waals surface area contributed by atoms with E-state index < -0.39 is 0 Å². The second kappa shape index (κ2) is 12.0. The van der Waals surface area contributed by atoms with Crippen molar-refractivity contribution in [1.82, 2.24) is 30.2 Å². The van der Waals surface area contributed by atoms with Gasteiger partial charge in [0.2, 0.25) is 5.91 Å². The molecule has 0 spiro atoms. The van der Waals surface area contributed by atoms with Gasteiger partial charge in [-0.05, 0) is 66.9 Å². The highest BCUT2D eigenvalue weighted by Gasteiger charge is 2.26. The summed E-state index contributed by atoms with van der Waals surface area (Å²) in [5, 5.41) is 15.7. The molecule has 3 aromatic heterocycles. The van der Waals surface area contributed by atoms with Crippen molar-refractivity contribution in [2.75, 3.05) is 25.5 Å². The summed E-state index contributed by atoms with van der Waals surface area (Å²) in [6.07, 6.45) is 11.4. The fourth-order valence-electron chi connectivity index (χ4n) is 4.74. The van der Waals surface area contributed by atoms with Gasteiger partial charge in [0.15, 0.2) is 0 Å². The molecule has 11 heteroatoms.